The zero-order valence-corrected chi connectivity index (χ0v) is 18.0. The van der Waals surface area contributed by atoms with Crippen LogP contribution in [-0.2, 0) is 0 Å². The number of amides is 1. The van der Waals surface area contributed by atoms with E-state index in [2.05, 4.69) is 25.9 Å². The van der Waals surface area contributed by atoms with E-state index in [1.807, 2.05) is 36.7 Å². The van der Waals surface area contributed by atoms with Gasteiger partial charge in [0.2, 0.25) is 0 Å². The lowest BCUT2D eigenvalue weighted by Crippen LogP contribution is -2.45. The zero-order chi connectivity index (χ0) is 21.8. The number of nitrogens with zero attached hydrogens (tertiary/aromatic N) is 2. The fourth-order valence-corrected chi connectivity index (χ4v) is 4.57. The summed E-state index contributed by atoms with van der Waals surface area (Å²) in [6.45, 7) is 0. The Morgan fingerprint density at radius 2 is 2.00 bits per heavy atom. The summed E-state index contributed by atoms with van der Waals surface area (Å²) >= 11 is 1.53. The minimum Gasteiger partial charge on any atom is -0.365 e. The van der Waals surface area contributed by atoms with Crippen molar-refractivity contribution in [1.82, 2.24) is 15.3 Å². The summed E-state index contributed by atoms with van der Waals surface area (Å²) in [6.07, 6.45) is 5.90. The molecule has 2 atom stereocenters. The van der Waals surface area contributed by atoms with E-state index in [4.69, 9.17) is 5.73 Å². The monoisotopic (exact) mass is 440 g/mol. The molecule has 4 rings (SSSR count). The van der Waals surface area contributed by atoms with Crippen molar-refractivity contribution in [3.8, 4) is 10.6 Å². The van der Waals surface area contributed by atoms with E-state index < -0.39 is 11.7 Å². The maximum Gasteiger partial charge on any atom is 0.252 e. The molecular formula is C22H25FN6OS. The molecular weight excluding hydrogens is 415 g/mol. The molecule has 1 saturated carbocycles. The fraction of sp³-hybridized carbons (Fsp3) is 0.318. The molecule has 31 heavy (non-hydrogen) atoms. The number of hydrogen-bond acceptors (Lipinski definition) is 7. The highest BCUT2D eigenvalue weighted by Crippen LogP contribution is 2.29. The quantitative estimate of drug-likeness (QED) is 0.440. The Hall–Kier alpha value is -3.04. The Morgan fingerprint density at radius 1 is 1.19 bits per heavy atom. The molecule has 1 fully saturated rings. The number of carbonyl (C=O) groups is 1. The average molecular weight is 441 g/mol. The van der Waals surface area contributed by atoms with Crippen LogP contribution in [0.4, 0.5) is 21.7 Å². The van der Waals surface area contributed by atoms with Crippen molar-refractivity contribution < 1.29 is 9.18 Å². The van der Waals surface area contributed by atoms with Gasteiger partial charge in [-0.25, -0.2) is 14.4 Å². The fourth-order valence-electron chi connectivity index (χ4n) is 3.93. The van der Waals surface area contributed by atoms with Gasteiger partial charge in [0.1, 0.15) is 10.8 Å². The van der Waals surface area contributed by atoms with Crippen molar-refractivity contribution in [3.63, 3.8) is 0 Å². The maximum absolute atomic E-state index is 14.8. The molecule has 2 heterocycles. The van der Waals surface area contributed by atoms with Crippen molar-refractivity contribution in [2.75, 3.05) is 17.7 Å². The Labute approximate surface area is 184 Å². The Balaban J connectivity index is 1.64. The van der Waals surface area contributed by atoms with Gasteiger partial charge in [-0.15, -0.1) is 11.3 Å². The van der Waals surface area contributed by atoms with Gasteiger partial charge in [-0.2, -0.15) is 0 Å². The van der Waals surface area contributed by atoms with Crippen LogP contribution in [0, 0.1) is 5.82 Å². The first-order valence-corrected chi connectivity index (χ1v) is 11.1. The predicted octanol–water partition coefficient (Wildman–Crippen LogP) is 4.13. The first-order valence-electron chi connectivity index (χ1n) is 10.3. The molecule has 162 valence electrons. The molecule has 0 saturated heterocycles. The van der Waals surface area contributed by atoms with Gasteiger partial charge in [0.25, 0.3) is 5.91 Å². The number of carbonyl (C=O) groups excluding carboxylic acids is 1. The van der Waals surface area contributed by atoms with E-state index in [0.717, 1.165) is 42.3 Å². The Morgan fingerprint density at radius 3 is 2.71 bits per heavy atom. The summed E-state index contributed by atoms with van der Waals surface area (Å²) in [7, 11) is 1.91. The van der Waals surface area contributed by atoms with Crippen LogP contribution in [0.25, 0.3) is 10.6 Å². The second-order valence-corrected chi connectivity index (χ2v) is 8.45. The second kappa shape index (κ2) is 9.40. The van der Waals surface area contributed by atoms with Gasteiger partial charge in [0.15, 0.2) is 11.6 Å². The molecule has 1 aromatic carbocycles. The highest BCUT2D eigenvalue weighted by atomic mass is 32.1. The minimum absolute atomic E-state index is 0.00323. The largest absolute Gasteiger partial charge is 0.365 e. The third-order valence-corrected chi connectivity index (χ3v) is 6.33. The van der Waals surface area contributed by atoms with Gasteiger partial charge in [-0.05, 0) is 38.1 Å². The molecule has 7 nitrogen and oxygen atoms in total. The average Bonchev–Trinajstić information content (AvgIpc) is 3.31. The minimum atomic E-state index is -0.748. The van der Waals surface area contributed by atoms with E-state index >= 15 is 0 Å². The lowest BCUT2D eigenvalue weighted by molar-refractivity contribution is 0.100. The summed E-state index contributed by atoms with van der Waals surface area (Å²) in [5, 5.41) is 12.4. The summed E-state index contributed by atoms with van der Waals surface area (Å²) in [5.41, 5.74) is 7.13. The van der Waals surface area contributed by atoms with Crippen LogP contribution in [0.3, 0.4) is 0 Å². The summed E-state index contributed by atoms with van der Waals surface area (Å²) in [4.78, 5) is 20.7. The molecule has 0 radical (unpaired) electrons. The lowest BCUT2D eigenvalue weighted by Gasteiger charge is -2.32. The lowest BCUT2D eigenvalue weighted by atomic mass is 9.90. The number of nitrogens with two attached hydrogens (primary N) is 1. The number of nitrogens with one attached hydrogen (secondary N) is 3. The van der Waals surface area contributed by atoms with Crippen molar-refractivity contribution in [3.05, 3.63) is 53.3 Å². The number of rotatable bonds is 7. The molecule has 0 aliphatic heterocycles. The van der Waals surface area contributed by atoms with Crippen LogP contribution >= 0.6 is 11.3 Å². The Bertz CT molecular complexity index is 1060. The van der Waals surface area contributed by atoms with E-state index in [1.54, 1.807) is 6.20 Å². The molecule has 0 bridgehead atoms. The number of primary amides is 1. The van der Waals surface area contributed by atoms with E-state index in [0.29, 0.717) is 5.69 Å². The molecule has 1 unspecified atom stereocenters. The summed E-state index contributed by atoms with van der Waals surface area (Å²) < 4.78 is 14.8. The number of benzene rings is 1. The van der Waals surface area contributed by atoms with Crippen LogP contribution in [0.2, 0.25) is 0 Å². The maximum atomic E-state index is 14.8. The standard InChI is InChI=1S/C22H25FN6OS/c1-25-17-7-2-3-8-18(17)28-21-16(23)12-15(19(24)30)20(29-21)27-14-6-4-5-13(11-14)22-26-9-10-31-22/h4-6,9-12,17-18,25H,2-3,7-8H2,1H3,(H2,24,30)(H2,27,28,29)/t17?,18-/m1/s1. The second-order valence-electron chi connectivity index (χ2n) is 7.55. The molecule has 1 amide bonds. The highest BCUT2D eigenvalue weighted by Gasteiger charge is 2.26. The molecule has 2 aromatic heterocycles. The number of likely N-dealkylation sites (N-methyl/N-ethyl adjacent to an activating group) is 1. The van der Waals surface area contributed by atoms with Crippen LogP contribution in [-0.4, -0.2) is 35.0 Å². The van der Waals surface area contributed by atoms with Gasteiger partial charge in [0.05, 0.1) is 5.56 Å². The highest BCUT2D eigenvalue weighted by molar-refractivity contribution is 7.13. The smallest absolute Gasteiger partial charge is 0.252 e. The molecule has 3 aromatic rings. The normalized spacial score (nSPS) is 18.5. The van der Waals surface area contributed by atoms with E-state index in [-0.39, 0.29) is 29.3 Å². The number of aromatic nitrogens is 2. The first-order chi connectivity index (χ1) is 15.0. The van der Waals surface area contributed by atoms with E-state index in [1.165, 1.54) is 11.3 Å². The number of anilines is 3. The van der Waals surface area contributed by atoms with Crippen LogP contribution in [0.1, 0.15) is 36.0 Å². The van der Waals surface area contributed by atoms with Crippen LogP contribution < -0.4 is 21.7 Å². The predicted molar refractivity (Wildman–Crippen MR) is 122 cm³/mol. The van der Waals surface area contributed by atoms with Crippen molar-refractivity contribution >= 4 is 34.6 Å². The molecule has 0 spiro atoms. The van der Waals surface area contributed by atoms with Gasteiger partial charge in [-0.1, -0.05) is 25.0 Å². The first kappa shape index (κ1) is 21.2. The van der Waals surface area contributed by atoms with Crippen LogP contribution in [0.5, 0.6) is 0 Å². The van der Waals surface area contributed by atoms with Gasteiger partial charge >= 0.3 is 0 Å². The third-order valence-electron chi connectivity index (χ3n) is 5.50. The van der Waals surface area contributed by atoms with Gasteiger partial charge in [-0.3, -0.25) is 4.79 Å². The SMILES string of the molecule is CNC1CCCC[C@H]1Nc1nc(Nc2cccc(-c3nccs3)c2)c(C(N)=O)cc1F. The van der Waals surface area contributed by atoms with Gasteiger partial charge in [0, 0.05) is 34.9 Å². The number of pyridine rings is 1. The number of halogens is 1. The number of hydrogen-bond donors (Lipinski definition) is 4. The van der Waals surface area contributed by atoms with Crippen molar-refractivity contribution in [1.29, 1.82) is 0 Å². The van der Waals surface area contributed by atoms with E-state index in [9.17, 15) is 9.18 Å². The van der Waals surface area contributed by atoms with Crippen LogP contribution in [0.15, 0.2) is 41.9 Å². The molecule has 5 N–H and O–H groups in total. The summed E-state index contributed by atoms with van der Waals surface area (Å²) in [5.74, 6) is -1.03. The van der Waals surface area contributed by atoms with Crippen molar-refractivity contribution in [2.24, 2.45) is 5.73 Å². The number of thiazole rings is 1. The third kappa shape index (κ3) is 4.83. The topological polar surface area (TPSA) is 105 Å². The van der Waals surface area contributed by atoms with Crippen molar-refractivity contribution in [2.45, 2.75) is 37.8 Å². The molecule has 1 aliphatic rings. The zero-order valence-electron chi connectivity index (χ0n) is 17.2. The molecule has 1 aliphatic carbocycles. The summed E-state index contributed by atoms with van der Waals surface area (Å²) in [6, 6.07) is 9.01. The van der Waals surface area contributed by atoms with Gasteiger partial charge < -0.3 is 21.7 Å². The molecule has 9 heteroatoms. The Kier molecular flexibility index (Phi) is 6.43.